The Hall–Kier alpha value is -2.64. The normalized spacial score (nSPS) is 9.85. The molecule has 0 saturated carbocycles. The lowest BCUT2D eigenvalue weighted by atomic mass is 10.4. The zero-order valence-corrected chi connectivity index (χ0v) is 14.7. The van der Waals surface area contributed by atoms with Crippen LogP contribution < -0.4 is 0 Å². The minimum absolute atomic E-state index is 0.0273. The molecule has 0 heterocycles. The molecule has 1 N–H and O–H groups in total. The first kappa shape index (κ1) is 24.4. The van der Waals surface area contributed by atoms with Gasteiger partial charge >= 0.3 is 24.2 Å². The Morgan fingerprint density at radius 3 is 1.37 bits per heavy atom. The number of carbonyl (C=O) groups is 4. The summed E-state index contributed by atoms with van der Waals surface area (Å²) in [5.74, 6) is -1.79. The number of ether oxygens (including phenoxy) is 7. The Morgan fingerprint density at radius 1 is 0.593 bits per heavy atom. The molecule has 0 aliphatic heterocycles. The van der Waals surface area contributed by atoms with Crippen molar-refractivity contribution in [3.63, 3.8) is 0 Å². The number of rotatable bonds is 14. The quantitative estimate of drug-likeness (QED) is 0.103. The zero-order valence-electron chi connectivity index (χ0n) is 14.7. The van der Waals surface area contributed by atoms with Crippen molar-refractivity contribution in [2.45, 2.75) is 6.42 Å². The summed E-state index contributed by atoms with van der Waals surface area (Å²) < 4.78 is 32.1. The molecule has 0 aliphatic rings. The molecule has 0 fully saturated rings. The van der Waals surface area contributed by atoms with Crippen molar-refractivity contribution in [2.24, 2.45) is 0 Å². The Balaban J connectivity index is 3.60. The highest BCUT2D eigenvalue weighted by molar-refractivity contribution is 5.91. The van der Waals surface area contributed by atoms with Crippen molar-refractivity contribution in [1.82, 2.24) is 0 Å². The van der Waals surface area contributed by atoms with Gasteiger partial charge in [-0.05, 0) is 0 Å². The third-order valence-corrected chi connectivity index (χ3v) is 2.32. The standard InChI is InChI=1S/C14H22O13/c1-20-2-3-23-13(17)24-6-4-21-11(15)10-12(16)22-5-7-25-14(18)26-8-9-27-19/h19H,2-10H2,1H3. The summed E-state index contributed by atoms with van der Waals surface area (Å²) >= 11 is 0. The Bertz CT molecular complexity index is 410. The van der Waals surface area contributed by atoms with Gasteiger partial charge in [0.2, 0.25) is 0 Å². The van der Waals surface area contributed by atoms with Crippen molar-refractivity contribution >= 4 is 24.2 Å². The van der Waals surface area contributed by atoms with Gasteiger partial charge < -0.3 is 33.2 Å². The van der Waals surface area contributed by atoms with Crippen LogP contribution in [-0.2, 0) is 47.6 Å². The minimum atomic E-state index is -1.04. The molecule has 0 aliphatic carbocycles. The van der Waals surface area contributed by atoms with E-state index in [0.717, 1.165) is 0 Å². The van der Waals surface area contributed by atoms with E-state index in [-0.39, 0.29) is 52.9 Å². The summed E-state index contributed by atoms with van der Waals surface area (Å²) in [6.07, 6.45) is -2.65. The number of methoxy groups -OCH3 is 1. The molecule has 0 radical (unpaired) electrons. The fraction of sp³-hybridized carbons (Fsp3) is 0.714. The van der Waals surface area contributed by atoms with E-state index >= 15 is 0 Å². The maximum absolute atomic E-state index is 11.3. The van der Waals surface area contributed by atoms with E-state index in [1.165, 1.54) is 7.11 Å². The van der Waals surface area contributed by atoms with Crippen LogP contribution in [0, 0.1) is 0 Å². The maximum Gasteiger partial charge on any atom is 0.508 e. The summed E-state index contributed by atoms with van der Waals surface area (Å²) in [5, 5.41) is 8.00. The highest BCUT2D eigenvalue weighted by Gasteiger charge is 2.13. The van der Waals surface area contributed by atoms with Gasteiger partial charge in [-0.25, -0.2) is 14.5 Å². The van der Waals surface area contributed by atoms with Gasteiger partial charge in [0.15, 0.2) is 0 Å². The molecule has 0 atom stereocenters. The Labute approximate surface area is 154 Å². The van der Waals surface area contributed by atoms with E-state index in [0.29, 0.717) is 0 Å². The molecule has 0 amide bonds. The number of esters is 2. The number of hydrogen-bond donors (Lipinski definition) is 1. The minimum Gasteiger partial charge on any atom is -0.462 e. The summed E-state index contributed by atoms with van der Waals surface area (Å²) in [7, 11) is 1.44. The topological polar surface area (TPSA) is 162 Å². The van der Waals surface area contributed by atoms with Gasteiger partial charge in [-0.2, -0.15) is 0 Å². The lowest BCUT2D eigenvalue weighted by Crippen LogP contribution is -2.20. The fourth-order valence-corrected chi connectivity index (χ4v) is 1.23. The zero-order chi connectivity index (χ0) is 20.3. The van der Waals surface area contributed by atoms with Crippen LogP contribution in [0.15, 0.2) is 0 Å². The van der Waals surface area contributed by atoms with Gasteiger partial charge in [0.05, 0.1) is 6.61 Å². The van der Waals surface area contributed by atoms with Gasteiger partial charge in [0.25, 0.3) is 0 Å². The van der Waals surface area contributed by atoms with E-state index in [4.69, 9.17) is 5.26 Å². The van der Waals surface area contributed by atoms with Crippen molar-refractivity contribution < 1.29 is 62.5 Å². The van der Waals surface area contributed by atoms with Crippen molar-refractivity contribution in [3.8, 4) is 0 Å². The van der Waals surface area contributed by atoms with E-state index < -0.39 is 30.7 Å². The molecule has 0 unspecified atom stereocenters. The number of hydrogen-bond acceptors (Lipinski definition) is 13. The predicted molar refractivity (Wildman–Crippen MR) is 81.6 cm³/mol. The second-order valence-electron chi connectivity index (χ2n) is 4.34. The molecular weight excluding hydrogens is 376 g/mol. The smallest absolute Gasteiger partial charge is 0.462 e. The lowest BCUT2D eigenvalue weighted by molar-refractivity contribution is -0.247. The predicted octanol–water partition coefficient (Wildman–Crippen LogP) is -0.0947. The molecule has 0 bridgehead atoms. The van der Waals surface area contributed by atoms with E-state index in [9.17, 15) is 19.2 Å². The van der Waals surface area contributed by atoms with Crippen LogP contribution in [0.25, 0.3) is 0 Å². The van der Waals surface area contributed by atoms with E-state index in [1.807, 2.05) is 0 Å². The second kappa shape index (κ2) is 16.8. The van der Waals surface area contributed by atoms with E-state index in [1.54, 1.807) is 0 Å². The summed E-state index contributed by atoms with van der Waals surface area (Å²) in [6.45, 7) is -1.28. The van der Waals surface area contributed by atoms with Gasteiger partial charge in [-0.3, -0.25) is 14.8 Å². The third-order valence-electron chi connectivity index (χ3n) is 2.32. The molecule has 0 spiro atoms. The van der Waals surface area contributed by atoms with Crippen molar-refractivity contribution in [1.29, 1.82) is 0 Å². The molecule has 0 saturated heterocycles. The van der Waals surface area contributed by atoms with Gasteiger partial charge in [-0.1, -0.05) is 0 Å². The molecule has 0 aromatic carbocycles. The lowest BCUT2D eigenvalue weighted by Gasteiger charge is -2.08. The Kier molecular flexibility index (Phi) is 15.2. The van der Waals surface area contributed by atoms with Crippen LogP contribution in [0.5, 0.6) is 0 Å². The number of carbonyl (C=O) groups excluding carboxylic acids is 4. The molecule has 0 aromatic heterocycles. The molecule has 156 valence electrons. The summed E-state index contributed by atoms with van der Waals surface area (Å²) in [5.41, 5.74) is 0. The highest BCUT2D eigenvalue weighted by Crippen LogP contribution is 1.94. The molecule has 0 aromatic rings. The average molecular weight is 398 g/mol. The first-order valence-electron chi connectivity index (χ1n) is 7.65. The molecule has 13 heteroatoms. The van der Waals surface area contributed by atoms with Crippen LogP contribution in [0.3, 0.4) is 0 Å². The van der Waals surface area contributed by atoms with Crippen LogP contribution in [0.1, 0.15) is 6.42 Å². The first-order chi connectivity index (χ1) is 13.0. The van der Waals surface area contributed by atoms with Crippen molar-refractivity contribution in [2.75, 3.05) is 60.0 Å². The highest BCUT2D eigenvalue weighted by atomic mass is 17.1. The molecule has 13 nitrogen and oxygen atoms in total. The first-order valence-corrected chi connectivity index (χ1v) is 7.65. The largest absolute Gasteiger partial charge is 0.508 e. The van der Waals surface area contributed by atoms with Crippen molar-refractivity contribution in [3.05, 3.63) is 0 Å². The maximum atomic E-state index is 11.3. The summed E-state index contributed by atoms with van der Waals surface area (Å²) in [4.78, 5) is 48.4. The second-order valence-corrected chi connectivity index (χ2v) is 4.34. The SMILES string of the molecule is COCCOC(=O)OCCOC(=O)CC(=O)OCCOC(=O)OCCOO. The van der Waals surface area contributed by atoms with E-state index in [2.05, 4.69) is 38.0 Å². The van der Waals surface area contributed by atoms with Crippen LogP contribution in [0.2, 0.25) is 0 Å². The van der Waals surface area contributed by atoms with Gasteiger partial charge in [0, 0.05) is 7.11 Å². The molecular formula is C14H22O13. The Morgan fingerprint density at radius 2 is 0.963 bits per heavy atom. The average Bonchev–Trinajstić information content (AvgIpc) is 2.63. The van der Waals surface area contributed by atoms with Crippen LogP contribution in [0.4, 0.5) is 9.59 Å². The third kappa shape index (κ3) is 16.6. The van der Waals surface area contributed by atoms with Crippen LogP contribution >= 0.6 is 0 Å². The fourth-order valence-electron chi connectivity index (χ4n) is 1.23. The molecule has 27 heavy (non-hydrogen) atoms. The monoisotopic (exact) mass is 398 g/mol. The van der Waals surface area contributed by atoms with Crippen LogP contribution in [-0.4, -0.2) is 89.5 Å². The summed E-state index contributed by atoms with van der Waals surface area (Å²) in [6, 6.07) is 0. The van der Waals surface area contributed by atoms with Gasteiger partial charge in [0.1, 0.15) is 52.7 Å². The molecule has 0 rings (SSSR count). The van der Waals surface area contributed by atoms with Gasteiger partial charge in [-0.15, -0.1) is 0 Å².